The molecule has 0 aliphatic carbocycles. The molecule has 0 saturated carbocycles. The Morgan fingerprint density at radius 1 is 0.919 bits per heavy atom. The van der Waals surface area contributed by atoms with Gasteiger partial charge in [-0.05, 0) is 61.2 Å². The first kappa shape index (κ1) is 25.3. The van der Waals surface area contributed by atoms with Crippen molar-refractivity contribution in [3.05, 3.63) is 95.0 Å². The summed E-state index contributed by atoms with van der Waals surface area (Å²) >= 11 is 6.03. The van der Waals surface area contributed by atoms with Gasteiger partial charge in [-0.3, -0.25) is 14.5 Å². The predicted molar refractivity (Wildman–Crippen MR) is 146 cm³/mol. The van der Waals surface area contributed by atoms with Crippen molar-refractivity contribution >= 4 is 29.1 Å². The van der Waals surface area contributed by atoms with E-state index in [4.69, 9.17) is 16.3 Å². The number of nitrogens with one attached hydrogen (secondary N) is 1. The molecule has 0 bridgehead atoms. The molecule has 3 aromatic rings. The number of likely N-dealkylation sites (tertiary alicyclic amines) is 1. The lowest BCUT2D eigenvalue weighted by atomic mass is 9.95. The van der Waals surface area contributed by atoms with Gasteiger partial charge in [0.25, 0.3) is 5.91 Å². The number of fused-ring (bicyclic) bond motifs is 1. The number of carbonyl (C=O) groups is 2. The third-order valence-electron chi connectivity index (χ3n) is 7.06. The Hall–Kier alpha value is -3.35. The summed E-state index contributed by atoms with van der Waals surface area (Å²) in [5.74, 6) is 0.294. The number of carbonyl (C=O) groups excluding carboxylic acids is 2. The van der Waals surface area contributed by atoms with Crippen LogP contribution in [0.3, 0.4) is 0 Å². The number of halogens is 1. The molecule has 5 rings (SSSR count). The average molecular weight is 518 g/mol. The molecule has 3 aromatic carbocycles. The monoisotopic (exact) mass is 517 g/mol. The fourth-order valence-corrected chi connectivity index (χ4v) is 5.26. The molecule has 0 aromatic heterocycles. The smallest absolute Gasteiger partial charge is 0.262 e. The van der Waals surface area contributed by atoms with Gasteiger partial charge in [0.05, 0.1) is 18.2 Å². The van der Waals surface area contributed by atoms with Crippen LogP contribution in [0.1, 0.15) is 24.0 Å². The topological polar surface area (TPSA) is 61.9 Å². The molecule has 2 atom stereocenters. The highest BCUT2D eigenvalue weighted by atomic mass is 35.5. The largest absolute Gasteiger partial charge is 0.477 e. The quantitative estimate of drug-likeness (QED) is 0.493. The number of amides is 2. The second kappa shape index (κ2) is 11.8. The van der Waals surface area contributed by atoms with Gasteiger partial charge in [-0.2, -0.15) is 0 Å². The van der Waals surface area contributed by atoms with Crippen molar-refractivity contribution < 1.29 is 14.3 Å². The molecule has 7 heteroatoms. The molecule has 192 valence electrons. The normalized spacial score (nSPS) is 19.5. The molecule has 1 N–H and O–H groups in total. The summed E-state index contributed by atoms with van der Waals surface area (Å²) in [7, 11) is 0. The minimum atomic E-state index is -0.747. The van der Waals surface area contributed by atoms with Crippen LogP contribution in [0.4, 0.5) is 5.69 Å². The summed E-state index contributed by atoms with van der Waals surface area (Å²) in [5.41, 5.74) is 3.08. The number of hydrogen-bond acceptors (Lipinski definition) is 4. The van der Waals surface area contributed by atoms with Crippen LogP contribution in [-0.2, 0) is 22.6 Å². The molecule has 2 aliphatic heterocycles. The van der Waals surface area contributed by atoms with Crippen molar-refractivity contribution in [2.24, 2.45) is 5.92 Å². The van der Waals surface area contributed by atoms with Gasteiger partial charge in [0.2, 0.25) is 5.91 Å². The van der Waals surface area contributed by atoms with Crippen molar-refractivity contribution in [3.8, 4) is 5.75 Å². The molecule has 37 heavy (non-hydrogen) atoms. The van der Waals surface area contributed by atoms with E-state index >= 15 is 0 Å². The lowest BCUT2D eigenvalue weighted by Gasteiger charge is -2.38. The van der Waals surface area contributed by atoms with Crippen molar-refractivity contribution in [3.63, 3.8) is 0 Å². The van der Waals surface area contributed by atoms with Crippen LogP contribution < -0.4 is 15.0 Å². The third-order valence-corrected chi connectivity index (χ3v) is 7.31. The highest BCUT2D eigenvalue weighted by Crippen LogP contribution is 2.35. The molecule has 0 radical (unpaired) electrons. The number of nitrogens with zero attached hydrogens (tertiary/aromatic N) is 2. The predicted octanol–water partition coefficient (Wildman–Crippen LogP) is 4.71. The van der Waals surface area contributed by atoms with Crippen LogP contribution in [0.5, 0.6) is 5.75 Å². The Morgan fingerprint density at radius 3 is 2.49 bits per heavy atom. The number of ether oxygens (including phenoxy) is 1. The summed E-state index contributed by atoms with van der Waals surface area (Å²) in [5, 5.41) is 3.71. The van der Waals surface area contributed by atoms with Gasteiger partial charge in [0.15, 0.2) is 6.10 Å². The van der Waals surface area contributed by atoms with E-state index in [9.17, 15) is 9.59 Å². The number of hydrogen-bond donors (Lipinski definition) is 1. The molecule has 2 heterocycles. The summed E-state index contributed by atoms with van der Waals surface area (Å²) < 4.78 is 6.05. The van der Waals surface area contributed by atoms with E-state index in [-0.39, 0.29) is 24.3 Å². The minimum Gasteiger partial charge on any atom is -0.477 e. The van der Waals surface area contributed by atoms with Crippen LogP contribution in [0.25, 0.3) is 0 Å². The summed E-state index contributed by atoms with van der Waals surface area (Å²) in [6.45, 7) is 3.15. The fraction of sp³-hybridized carbons (Fsp3) is 0.333. The van der Waals surface area contributed by atoms with Crippen LogP contribution in [0.15, 0.2) is 78.9 Å². The Labute approximate surface area is 223 Å². The third kappa shape index (κ3) is 6.32. The van der Waals surface area contributed by atoms with Gasteiger partial charge >= 0.3 is 0 Å². The Morgan fingerprint density at radius 2 is 1.68 bits per heavy atom. The van der Waals surface area contributed by atoms with Gasteiger partial charge in [0, 0.05) is 24.7 Å². The molecule has 2 aliphatic rings. The lowest BCUT2D eigenvalue weighted by Crippen LogP contribution is -2.53. The van der Waals surface area contributed by atoms with Crippen LogP contribution >= 0.6 is 11.6 Å². The molecule has 1 saturated heterocycles. The van der Waals surface area contributed by atoms with Crippen molar-refractivity contribution in [1.29, 1.82) is 0 Å². The maximum Gasteiger partial charge on any atom is 0.262 e. The van der Waals surface area contributed by atoms with Crippen LogP contribution in [-0.4, -0.2) is 49.0 Å². The van der Waals surface area contributed by atoms with Crippen LogP contribution in [0.2, 0.25) is 5.02 Å². The molecule has 1 fully saturated rings. The zero-order valence-electron chi connectivity index (χ0n) is 20.8. The summed E-state index contributed by atoms with van der Waals surface area (Å²) in [6.07, 6.45) is 1.79. The minimum absolute atomic E-state index is 0.0543. The first-order valence-electron chi connectivity index (χ1n) is 12.9. The van der Waals surface area contributed by atoms with E-state index in [1.54, 1.807) is 4.90 Å². The molecular weight excluding hydrogens is 486 g/mol. The molecule has 6 nitrogen and oxygen atoms in total. The average Bonchev–Trinajstić information content (AvgIpc) is 2.94. The van der Waals surface area contributed by atoms with Gasteiger partial charge < -0.3 is 15.0 Å². The SMILES string of the molecule is O=C(NCCc1ccccc1)[C@H]1CN(C(=O)[C@@H]2CCCN(Cc3ccc(Cl)cc3)C2)c2ccccc2O1. The number of para-hydroxylation sites is 2. The van der Waals surface area contributed by atoms with E-state index in [1.165, 1.54) is 5.56 Å². The maximum absolute atomic E-state index is 13.8. The summed E-state index contributed by atoms with van der Waals surface area (Å²) in [6, 6.07) is 25.4. The van der Waals surface area contributed by atoms with E-state index in [0.717, 1.165) is 48.6 Å². The first-order chi connectivity index (χ1) is 18.1. The first-order valence-corrected chi connectivity index (χ1v) is 13.3. The number of benzene rings is 3. The van der Waals surface area contributed by atoms with Crippen molar-refractivity contribution in [1.82, 2.24) is 10.2 Å². The zero-order chi connectivity index (χ0) is 25.6. The van der Waals surface area contributed by atoms with Gasteiger partial charge in [-0.25, -0.2) is 0 Å². The number of rotatable bonds is 7. The highest BCUT2D eigenvalue weighted by Gasteiger charge is 2.37. The van der Waals surface area contributed by atoms with Crippen LogP contribution in [0, 0.1) is 5.92 Å². The maximum atomic E-state index is 13.8. The Kier molecular flexibility index (Phi) is 8.07. The number of anilines is 1. The number of piperidine rings is 1. The van der Waals surface area contributed by atoms with Crippen molar-refractivity contribution in [2.75, 3.05) is 31.1 Å². The second-order valence-electron chi connectivity index (χ2n) is 9.75. The van der Waals surface area contributed by atoms with E-state index < -0.39 is 6.10 Å². The molecule has 0 spiro atoms. The molecule has 2 amide bonds. The van der Waals surface area contributed by atoms with Gasteiger partial charge in [0.1, 0.15) is 5.75 Å². The standard InChI is InChI=1S/C30H32ClN3O3/c31-25-14-12-23(13-15-25)19-33-18-6-9-24(20-33)30(36)34-21-28(37-27-11-5-4-10-26(27)34)29(35)32-17-16-22-7-2-1-3-8-22/h1-5,7-8,10-15,24,28H,6,9,16-21H2,(H,32,35)/t24-,28-/m1/s1. The highest BCUT2D eigenvalue weighted by molar-refractivity contribution is 6.30. The zero-order valence-corrected chi connectivity index (χ0v) is 21.6. The second-order valence-corrected chi connectivity index (χ2v) is 10.2. The fourth-order valence-electron chi connectivity index (χ4n) is 5.14. The van der Waals surface area contributed by atoms with Gasteiger partial charge in [-0.15, -0.1) is 0 Å². The molecular formula is C30H32ClN3O3. The van der Waals surface area contributed by atoms with E-state index in [0.29, 0.717) is 18.8 Å². The molecule has 0 unspecified atom stereocenters. The van der Waals surface area contributed by atoms with E-state index in [2.05, 4.69) is 10.2 Å². The van der Waals surface area contributed by atoms with Gasteiger partial charge in [-0.1, -0.05) is 66.2 Å². The van der Waals surface area contributed by atoms with Crippen molar-refractivity contribution in [2.45, 2.75) is 31.9 Å². The Balaban J connectivity index is 1.24. The summed E-state index contributed by atoms with van der Waals surface area (Å²) in [4.78, 5) is 30.9. The Bertz CT molecular complexity index is 1220. The lowest BCUT2D eigenvalue weighted by molar-refractivity contribution is -0.129. The van der Waals surface area contributed by atoms with E-state index in [1.807, 2.05) is 78.9 Å².